The molecule has 1 fully saturated rings. The largest absolute Gasteiger partial charge is 0.326 e. The summed E-state index contributed by atoms with van der Waals surface area (Å²) < 4.78 is 13.6. The molecule has 0 radical (unpaired) electrons. The number of carbonyl (C=O) groups is 1. The van der Waals surface area contributed by atoms with Crippen molar-refractivity contribution >= 4 is 11.6 Å². The molecule has 3 nitrogen and oxygen atoms in total. The maximum absolute atomic E-state index is 13.6. The van der Waals surface area contributed by atoms with Crippen molar-refractivity contribution in [2.75, 3.05) is 5.32 Å². The van der Waals surface area contributed by atoms with E-state index in [9.17, 15) is 9.18 Å². The van der Waals surface area contributed by atoms with Gasteiger partial charge in [-0.3, -0.25) is 4.79 Å². The molecule has 0 saturated heterocycles. The summed E-state index contributed by atoms with van der Waals surface area (Å²) in [5.41, 5.74) is 6.41. The predicted molar refractivity (Wildman–Crippen MR) is 64.8 cm³/mol. The monoisotopic (exact) mass is 236 g/mol. The van der Waals surface area contributed by atoms with Gasteiger partial charge in [0, 0.05) is 12.5 Å². The summed E-state index contributed by atoms with van der Waals surface area (Å²) in [6.07, 6.45) is 0.862. The van der Waals surface area contributed by atoms with Crippen LogP contribution in [0.4, 0.5) is 10.1 Å². The van der Waals surface area contributed by atoms with Crippen molar-refractivity contribution < 1.29 is 9.18 Å². The van der Waals surface area contributed by atoms with Gasteiger partial charge in [0.15, 0.2) is 0 Å². The van der Waals surface area contributed by atoms with Crippen LogP contribution in [0.25, 0.3) is 0 Å². The van der Waals surface area contributed by atoms with Gasteiger partial charge in [0.2, 0.25) is 5.91 Å². The van der Waals surface area contributed by atoms with Gasteiger partial charge in [-0.05, 0) is 29.5 Å². The van der Waals surface area contributed by atoms with E-state index in [4.69, 9.17) is 5.73 Å². The minimum absolute atomic E-state index is 0.00362. The fourth-order valence-corrected chi connectivity index (χ4v) is 1.92. The molecule has 2 rings (SSSR count). The van der Waals surface area contributed by atoms with E-state index in [2.05, 4.69) is 5.32 Å². The molecule has 1 aliphatic carbocycles. The Labute approximate surface area is 100 Å². The van der Waals surface area contributed by atoms with Gasteiger partial charge in [0.05, 0.1) is 5.69 Å². The van der Waals surface area contributed by atoms with E-state index in [0.29, 0.717) is 12.1 Å². The molecular weight excluding hydrogens is 219 g/mol. The molecule has 0 heterocycles. The molecule has 0 spiro atoms. The molecule has 0 aliphatic heterocycles. The number of amides is 1. The molecule has 1 aliphatic rings. The number of carbonyl (C=O) groups excluding carboxylic acids is 1. The topological polar surface area (TPSA) is 55.1 Å². The summed E-state index contributed by atoms with van der Waals surface area (Å²) in [4.78, 5) is 11.8. The molecule has 17 heavy (non-hydrogen) atoms. The van der Waals surface area contributed by atoms with Gasteiger partial charge < -0.3 is 11.1 Å². The normalized spacial score (nSPS) is 21.1. The Balaban J connectivity index is 2.07. The van der Waals surface area contributed by atoms with Crippen molar-refractivity contribution in [3.63, 3.8) is 0 Å². The lowest BCUT2D eigenvalue weighted by molar-refractivity contribution is -0.118. The van der Waals surface area contributed by atoms with Crippen molar-refractivity contribution in [3.8, 4) is 0 Å². The number of hydrogen-bond acceptors (Lipinski definition) is 2. The molecule has 1 saturated carbocycles. The second-order valence-corrected chi connectivity index (χ2v) is 5.25. The third kappa shape index (κ3) is 2.47. The third-order valence-corrected chi connectivity index (χ3v) is 3.36. The van der Waals surface area contributed by atoms with E-state index in [1.807, 2.05) is 13.8 Å². The Morgan fingerprint density at radius 1 is 1.59 bits per heavy atom. The number of halogens is 1. The number of nitrogens with one attached hydrogen (secondary N) is 1. The smallest absolute Gasteiger partial charge is 0.228 e. The minimum Gasteiger partial charge on any atom is -0.326 e. The maximum Gasteiger partial charge on any atom is 0.228 e. The SMILES string of the molecule is CC1(C)CC1C(=O)Nc1ccc(CN)cc1F. The quantitative estimate of drug-likeness (QED) is 0.845. The second kappa shape index (κ2) is 4.11. The van der Waals surface area contributed by atoms with Gasteiger partial charge in [-0.15, -0.1) is 0 Å². The molecule has 0 bridgehead atoms. The van der Waals surface area contributed by atoms with Crippen LogP contribution >= 0.6 is 0 Å². The first-order valence-corrected chi connectivity index (χ1v) is 5.73. The van der Waals surface area contributed by atoms with Gasteiger partial charge in [-0.2, -0.15) is 0 Å². The van der Waals surface area contributed by atoms with Crippen LogP contribution in [-0.2, 0) is 11.3 Å². The number of hydrogen-bond donors (Lipinski definition) is 2. The molecule has 92 valence electrons. The standard InChI is InChI=1S/C13H17FN2O/c1-13(2)6-9(13)12(17)16-11-4-3-8(7-15)5-10(11)14/h3-5,9H,6-7,15H2,1-2H3,(H,16,17). The first kappa shape index (κ1) is 12.0. The van der Waals surface area contributed by atoms with Crippen molar-refractivity contribution in [2.45, 2.75) is 26.8 Å². The van der Waals surface area contributed by atoms with E-state index in [1.54, 1.807) is 12.1 Å². The Morgan fingerprint density at radius 3 is 2.71 bits per heavy atom. The van der Waals surface area contributed by atoms with Crippen LogP contribution < -0.4 is 11.1 Å². The lowest BCUT2D eigenvalue weighted by atomic mass is 10.1. The Hall–Kier alpha value is -1.42. The van der Waals surface area contributed by atoms with E-state index >= 15 is 0 Å². The Kier molecular flexibility index (Phi) is 2.91. The molecule has 1 amide bonds. The molecule has 1 atom stereocenters. The van der Waals surface area contributed by atoms with E-state index < -0.39 is 5.82 Å². The molecule has 3 N–H and O–H groups in total. The van der Waals surface area contributed by atoms with E-state index in [0.717, 1.165) is 6.42 Å². The zero-order valence-corrected chi connectivity index (χ0v) is 10.1. The fourth-order valence-electron chi connectivity index (χ4n) is 1.92. The predicted octanol–water partition coefficient (Wildman–Crippen LogP) is 2.27. The molecule has 1 aromatic carbocycles. The zero-order valence-electron chi connectivity index (χ0n) is 10.1. The second-order valence-electron chi connectivity index (χ2n) is 5.25. The summed E-state index contributed by atoms with van der Waals surface area (Å²) in [6, 6.07) is 4.63. The minimum atomic E-state index is -0.431. The average Bonchev–Trinajstić information content (AvgIpc) is 2.91. The molecular formula is C13H17FN2O. The average molecular weight is 236 g/mol. The van der Waals surface area contributed by atoms with Crippen LogP contribution in [-0.4, -0.2) is 5.91 Å². The van der Waals surface area contributed by atoms with Gasteiger partial charge in [0.25, 0.3) is 0 Å². The summed E-state index contributed by atoms with van der Waals surface area (Å²) >= 11 is 0. The summed E-state index contributed by atoms with van der Waals surface area (Å²) in [6.45, 7) is 4.36. The molecule has 0 aromatic heterocycles. The van der Waals surface area contributed by atoms with Gasteiger partial charge in [0.1, 0.15) is 5.82 Å². The number of anilines is 1. The Morgan fingerprint density at radius 2 is 2.24 bits per heavy atom. The molecule has 4 heteroatoms. The fraction of sp³-hybridized carbons (Fsp3) is 0.462. The van der Waals surface area contributed by atoms with Crippen molar-refractivity contribution in [1.82, 2.24) is 0 Å². The highest BCUT2D eigenvalue weighted by Gasteiger charge is 2.50. The van der Waals surface area contributed by atoms with Crippen LogP contribution in [0.5, 0.6) is 0 Å². The summed E-state index contributed by atoms with van der Waals surface area (Å²) in [7, 11) is 0. The summed E-state index contributed by atoms with van der Waals surface area (Å²) in [5.74, 6) is -0.537. The summed E-state index contributed by atoms with van der Waals surface area (Å²) in [5, 5.41) is 2.62. The lowest BCUT2D eigenvalue weighted by Crippen LogP contribution is -2.17. The first-order valence-electron chi connectivity index (χ1n) is 5.73. The van der Waals surface area contributed by atoms with Crippen LogP contribution in [0.2, 0.25) is 0 Å². The zero-order chi connectivity index (χ0) is 12.6. The Bertz CT molecular complexity index is 457. The highest BCUT2D eigenvalue weighted by molar-refractivity contribution is 5.95. The molecule has 1 aromatic rings. The van der Waals surface area contributed by atoms with Gasteiger partial charge >= 0.3 is 0 Å². The van der Waals surface area contributed by atoms with Gasteiger partial charge in [-0.1, -0.05) is 19.9 Å². The van der Waals surface area contributed by atoms with Crippen molar-refractivity contribution in [2.24, 2.45) is 17.1 Å². The number of benzene rings is 1. The van der Waals surface area contributed by atoms with Crippen molar-refractivity contribution in [3.05, 3.63) is 29.6 Å². The van der Waals surface area contributed by atoms with Crippen LogP contribution in [0.15, 0.2) is 18.2 Å². The van der Waals surface area contributed by atoms with Crippen LogP contribution in [0.3, 0.4) is 0 Å². The first-order chi connectivity index (χ1) is 7.94. The van der Waals surface area contributed by atoms with Crippen LogP contribution in [0.1, 0.15) is 25.8 Å². The number of nitrogens with two attached hydrogens (primary N) is 1. The number of rotatable bonds is 3. The maximum atomic E-state index is 13.6. The van der Waals surface area contributed by atoms with Gasteiger partial charge in [-0.25, -0.2) is 4.39 Å². The lowest BCUT2D eigenvalue weighted by Gasteiger charge is -2.08. The molecule has 1 unspecified atom stereocenters. The highest BCUT2D eigenvalue weighted by Crippen LogP contribution is 2.52. The van der Waals surface area contributed by atoms with Crippen LogP contribution in [0, 0.1) is 17.2 Å². The highest BCUT2D eigenvalue weighted by atomic mass is 19.1. The van der Waals surface area contributed by atoms with Crippen molar-refractivity contribution in [1.29, 1.82) is 0 Å². The third-order valence-electron chi connectivity index (χ3n) is 3.36. The van der Waals surface area contributed by atoms with E-state index in [1.165, 1.54) is 6.07 Å². The van der Waals surface area contributed by atoms with E-state index in [-0.39, 0.29) is 22.9 Å².